The molecule has 0 saturated carbocycles. The van der Waals surface area contributed by atoms with E-state index in [2.05, 4.69) is 53.1 Å². The van der Waals surface area contributed by atoms with E-state index in [4.69, 9.17) is 4.74 Å². The van der Waals surface area contributed by atoms with Crippen LogP contribution in [0.15, 0.2) is 59.6 Å². The van der Waals surface area contributed by atoms with Gasteiger partial charge in [-0.3, -0.25) is 9.48 Å². The van der Waals surface area contributed by atoms with Crippen LogP contribution in [0.3, 0.4) is 0 Å². The van der Waals surface area contributed by atoms with Gasteiger partial charge in [-0.2, -0.15) is 5.10 Å². The fraction of sp³-hybridized carbons (Fsp3) is 0.304. The second kappa shape index (κ2) is 8.74. The summed E-state index contributed by atoms with van der Waals surface area (Å²) >= 11 is 1.74. The van der Waals surface area contributed by atoms with Gasteiger partial charge < -0.3 is 10.1 Å². The minimum absolute atomic E-state index is 0.0185. The van der Waals surface area contributed by atoms with Crippen LogP contribution < -0.4 is 10.1 Å². The van der Waals surface area contributed by atoms with Gasteiger partial charge in [0.05, 0.1) is 12.2 Å². The van der Waals surface area contributed by atoms with Crippen molar-refractivity contribution in [2.75, 3.05) is 12.8 Å². The maximum Gasteiger partial charge on any atom is 0.221 e. The van der Waals surface area contributed by atoms with Crippen molar-refractivity contribution < 1.29 is 9.53 Å². The van der Waals surface area contributed by atoms with E-state index >= 15 is 0 Å². The minimum atomic E-state index is -0.0185. The predicted molar refractivity (Wildman–Crippen MR) is 116 cm³/mol. The largest absolute Gasteiger partial charge is 0.488 e. The van der Waals surface area contributed by atoms with E-state index in [1.807, 2.05) is 25.3 Å². The molecule has 5 nitrogen and oxygen atoms in total. The van der Waals surface area contributed by atoms with Gasteiger partial charge >= 0.3 is 0 Å². The molecule has 1 aliphatic heterocycles. The van der Waals surface area contributed by atoms with Gasteiger partial charge in [-0.15, -0.1) is 11.8 Å². The summed E-state index contributed by atoms with van der Waals surface area (Å²) < 4.78 is 7.81. The standard InChI is InChI=1S/C23H25N3O2S/c1-16-9-11-26(25-16)12-10-23(27)24-15-20-14-19-13-18(5-8-22(19)28-20)17-3-6-21(29-2)7-4-17/h3-9,11,13,20H,10,12,14-15H2,1-2H3,(H,24,27)/t20-/m0/s1. The number of ether oxygens (including phenoxy) is 1. The molecule has 0 bridgehead atoms. The summed E-state index contributed by atoms with van der Waals surface area (Å²) in [6, 6.07) is 16.9. The molecule has 0 spiro atoms. The molecule has 1 aromatic heterocycles. The van der Waals surface area contributed by atoms with E-state index in [-0.39, 0.29) is 12.0 Å². The SMILES string of the molecule is CSc1ccc(-c2ccc3c(c2)C[C@@H](CNC(=O)CCn2ccc(C)n2)O3)cc1. The van der Waals surface area contributed by atoms with E-state index in [0.717, 1.165) is 17.9 Å². The number of carbonyl (C=O) groups excluding carboxylic acids is 1. The first kappa shape index (κ1) is 19.6. The van der Waals surface area contributed by atoms with E-state index in [1.165, 1.54) is 21.6 Å². The second-order valence-electron chi connectivity index (χ2n) is 7.27. The van der Waals surface area contributed by atoms with E-state index < -0.39 is 0 Å². The molecule has 1 atom stereocenters. The van der Waals surface area contributed by atoms with Crippen molar-refractivity contribution in [3.63, 3.8) is 0 Å². The van der Waals surface area contributed by atoms with Gasteiger partial charge in [0.25, 0.3) is 0 Å². The Morgan fingerprint density at radius 1 is 1.21 bits per heavy atom. The zero-order chi connectivity index (χ0) is 20.2. The molecule has 150 valence electrons. The summed E-state index contributed by atoms with van der Waals surface area (Å²) in [7, 11) is 0. The monoisotopic (exact) mass is 407 g/mol. The van der Waals surface area contributed by atoms with Crippen molar-refractivity contribution in [2.45, 2.75) is 37.3 Å². The summed E-state index contributed by atoms with van der Waals surface area (Å²) in [5.41, 5.74) is 4.56. The number of thioether (sulfide) groups is 1. The average molecular weight is 408 g/mol. The Balaban J connectivity index is 1.30. The Morgan fingerprint density at radius 2 is 2.00 bits per heavy atom. The van der Waals surface area contributed by atoms with Gasteiger partial charge in [0, 0.05) is 30.5 Å². The lowest BCUT2D eigenvalue weighted by molar-refractivity contribution is -0.121. The lowest BCUT2D eigenvalue weighted by atomic mass is 10.0. The molecule has 0 saturated heterocycles. The number of aryl methyl sites for hydroxylation is 2. The van der Waals surface area contributed by atoms with Gasteiger partial charge in [-0.1, -0.05) is 18.2 Å². The van der Waals surface area contributed by atoms with Gasteiger partial charge in [-0.25, -0.2) is 0 Å². The number of hydrogen-bond acceptors (Lipinski definition) is 4. The molecule has 0 unspecified atom stereocenters. The molecule has 0 radical (unpaired) electrons. The topological polar surface area (TPSA) is 56.2 Å². The summed E-state index contributed by atoms with van der Waals surface area (Å²) in [5.74, 6) is 0.938. The highest BCUT2D eigenvalue weighted by molar-refractivity contribution is 7.98. The second-order valence-corrected chi connectivity index (χ2v) is 8.15. The zero-order valence-electron chi connectivity index (χ0n) is 16.7. The van der Waals surface area contributed by atoms with Crippen LogP contribution in [0, 0.1) is 6.92 Å². The third-order valence-corrected chi connectivity index (χ3v) is 5.84. The maximum atomic E-state index is 12.1. The number of fused-ring (bicyclic) bond motifs is 1. The fourth-order valence-electron chi connectivity index (χ4n) is 3.52. The number of aromatic nitrogens is 2. The highest BCUT2D eigenvalue weighted by atomic mass is 32.2. The number of nitrogens with zero attached hydrogens (tertiary/aromatic N) is 2. The van der Waals surface area contributed by atoms with Crippen LogP contribution in [0.4, 0.5) is 0 Å². The Kier molecular flexibility index (Phi) is 5.90. The highest BCUT2D eigenvalue weighted by Crippen LogP contribution is 2.33. The van der Waals surface area contributed by atoms with Crippen molar-refractivity contribution in [1.82, 2.24) is 15.1 Å². The molecule has 1 aliphatic rings. The molecule has 0 aliphatic carbocycles. The Bertz CT molecular complexity index is 998. The first-order valence-electron chi connectivity index (χ1n) is 9.81. The van der Waals surface area contributed by atoms with Crippen molar-refractivity contribution >= 4 is 17.7 Å². The molecule has 0 fully saturated rings. The van der Waals surface area contributed by atoms with Crippen LogP contribution in [0.2, 0.25) is 0 Å². The molecule has 29 heavy (non-hydrogen) atoms. The molecular weight excluding hydrogens is 382 g/mol. The lowest BCUT2D eigenvalue weighted by Crippen LogP contribution is -2.34. The fourth-order valence-corrected chi connectivity index (χ4v) is 3.93. The van der Waals surface area contributed by atoms with Crippen molar-refractivity contribution in [3.8, 4) is 16.9 Å². The number of benzene rings is 2. The number of hydrogen-bond donors (Lipinski definition) is 1. The summed E-state index contributed by atoms with van der Waals surface area (Å²) in [6.07, 6.45) is 5.18. The maximum absolute atomic E-state index is 12.1. The minimum Gasteiger partial charge on any atom is -0.488 e. The third kappa shape index (κ3) is 4.82. The predicted octanol–water partition coefficient (Wildman–Crippen LogP) is 4.09. The molecule has 2 aromatic carbocycles. The van der Waals surface area contributed by atoms with Crippen molar-refractivity contribution in [1.29, 1.82) is 0 Å². The summed E-state index contributed by atoms with van der Waals surface area (Å²) in [6.45, 7) is 3.05. The van der Waals surface area contributed by atoms with Crippen molar-refractivity contribution in [2.24, 2.45) is 0 Å². The molecular formula is C23H25N3O2S. The molecule has 1 N–H and O–H groups in total. The van der Waals surface area contributed by atoms with Gasteiger partial charge in [0.1, 0.15) is 11.9 Å². The number of carbonyl (C=O) groups is 1. The zero-order valence-corrected chi connectivity index (χ0v) is 17.5. The number of nitrogens with one attached hydrogen (secondary N) is 1. The van der Waals surface area contributed by atoms with Crippen molar-refractivity contribution in [3.05, 3.63) is 66.0 Å². The molecule has 1 amide bonds. The Hall–Kier alpha value is -2.73. The van der Waals surface area contributed by atoms with E-state index in [9.17, 15) is 4.79 Å². The Labute approximate surface area is 175 Å². The lowest BCUT2D eigenvalue weighted by Gasteiger charge is -2.12. The molecule has 6 heteroatoms. The van der Waals surface area contributed by atoms with Gasteiger partial charge in [0.2, 0.25) is 5.91 Å². The summed E-state index contributed by atoms with van der Waals surface area (Å²) in [4.78, 5) is 13.4. The average Bonchev–Trinajstić information content (AvgIpc) is 3.35. The van der Waals surface area contributed by atoms with E-state index in [1.54, 1.807) is 16.4 Å². The molecule has 4 rings (SSSR count). The highest BCUT2D eigenvalue weighted by Gasteiger charge is 2.23. The Morgan fingerprint density at radius 3 is 2.72 bits per heavy atom. The van der Waals surface area contributed by atoms with Crippen LogP contribution in [-0.4, -0.2) is 34.6 Å². The normalized spacial score (nSPS) is 15.0. The number of rotatable bonds is 7. The van der Waals surface area contributed by atoms with Crippen LogP contribution >= 0.6 is 11.8 Å². The molecule has 2 heterocycles. The smallest absolute Gasteiger partial charge is 0.221 e. The van der Waals surface area contributed by atoms with Gasteiger partial charge in [0.15, 0.2) is 0 Å². The first-order chi connectivity index (χ1) is 14.1. The quantitative estimate of drug-likeness (QED) is 0.600. The van der Waals surface area contributed by atoms with E-state index in [0.29, 0.717) is 19.5 Å². The van der Waals surface area contributed by atoms with Gasteiger partial charge in [-0.05, 0) is 60.2 Å². The molecule has 3 aromatic rings. The third-order valence-electron chi connectivity index (χ3n) is 5.09. The van der Waals surface area contributed by atoms with Crippen LogP contribution in [0.25, 0.3) is 11.1 Å². The van der Waals surface area contributed by atoms with Crippen LogP contribution in [-0.2, 0) is 17.8 Å². The van der Waals surface area contributed by atoms with Crippen LogP contribution in [0.1, 0.15) is 17.7 Å². The first-order valence-corrected chi connectivity index (χ1v) is 11.0. The van der Waals surface area contributed by atoms with Crippen LogP contribution in [0.5, 0.6) is 5.75 Å². The number of amides is 1. The summed E-state index contributed by atoms with van der Waals surface area (Å²) in [5, 5.41) is 7.29.